The third-order valence-electron chi connectivity index (χ3n) is 4.27. The third kappa shape index (κ3) is 3.29. The molecule has 0 aliphatic carbocycles. The Balaban J connectivity index is 1.78. The highest BCUT2D eigenvalue weighted by molar-refractivity contribution is 7.90. The van der Waals surface area contributed by atoms with Crippen LogP contribution < -0.4 is 4.74 Å². The summed E-state index contributed by atoms with van der Waals surface area (Å²) in [7, 11) is -1.87. The van der Waals surface area contributed by atoms with Crippen LogP contribution in [0.3, 0.4) is 0 Å². The molecule has 0 atom stereocenters. The first-order valence-electron chi connectivity index (χ1n) is 8.25. The van der Waals surface area contributed by atoms with Crippen molar-refractivity contribution in [1.29, 1.82) is 0 Å². The highest BCUT2D eigenvalue weighted by Gasteiger charge is 2.17. The monoisotopic (exact) mass is 379 g/mol. The Morgan fingerprint density at radius 1 is 0.926 bits per heavy atom. The van der Waals surface area contributed by atoms with Gasteiger partial charge in [-0.3, -0.25) is 0 Å². The van der Waals surface area contributed by atoms with Gasteiger partial charge in [0, 0.05) is 11.8 Å². The van der Waals surface area contributed by atoms with Gasteiger partial charge in [0.1, 0.15) is 5.75 Å². The molecule has 0 spiro atoms. The number of methoxy groups -OCH3 is 1. The molecule has 136 valence electrons. The molecular formula is C20H17N3O3S. The van der Waals surface area contributed by atoms with E-state index in [1.807, 2.05) is 54.6 Å². The van der Waals surface area contributed by atoms with Crippen LogP contribution in [0.2, 0.25) is 0 Å². The van der Waals surface area contributed by atoms with Crippen LogP contribution in [0.15, 0.2) is 72.0 Å². The lowest BCUT2D eigenvalue weighted by Gasteiger charge is -2.08. The van der Waals surface area contributed by atoms with Gasteiger partial charge in [-0.2, -0.15) is 5.10 Å². The van der Waals surface area contributed by atoms with Crippen molar-refractivity contribution in [2.45, 2.75) is 5.16 Å². The van der Waals surface area contributed by atoms with E-state index in [1.54, 1.807) is 19.4 Å². The molecule has 2 aromatic heterocycles. The van der Waals surface area contributed by atoms with E-state index in [0.717, 1.165) is 28.7 Å². The average molecular weight is 379 g/mol. The van der Waals surface area contributed by atoms with Crippen LogP contribution in [0.1, 0.15) is 0 Å². The van der Waals surface area contributed by atoms with Crippen molar-refractivity contribution in [2.75, 3.05) is 13.4 Å². The number of benzene rings is 2. The normalized spacial score (nSPS) is 11.6. The van der Waals surface area contributed by atoms with Crippen LogP contribution in [0, 0.1) is 0 Å². The predicted octanol–water partition coefficient (Wildman–Crippen LogP) is 3.48. The van der Waals surface area contributed by atoms with E-state index in [9.17, 15) is 8.42 Å². The standard InChI is InChI=1S/C20H17N3O3S/c1-26-18-5-3-4-16(12-18)14-6-8-15(9-7-14)19-13-17-10-11-21-23(17)20(22-19)27(2,24)25/h3-13H,1-2H3. The SMILES string of the molecule is COc1cccc(-c2ccc(-c3cc4ccnn4c(S(C)(=O)=O)n3)cc2)c1. The maximum Gasteiger partial charge on any atom is 0.249 e. The molecule has 0 amide bonds. The van der Waals surface area contributed by atoms with E-state index in [1.165, 1.54) is 4.52 Å². The lowest BCUT2D eigenvalue weighted by molar-refractivity contribution is 0.415. The molecule has 0 saturated carbocycles. The molecule has 0 aliphatic rings. The minimum absolute atomic E-state index is 0.0723. The summed E-state index contributed by atoms with van der Waals surface area (Å²) in [4.78, 5) is 4.34. The number of fused-ring (bicyclic) bond motifs is 1. The highest BCUT2D eigenvalue weighted by Crippen LogP contribution is 2.27. The average Bonchev–Trinajstić information content (AvgIpc) is 3.15. The summed E-state index contributed by atoms with van der Waals surface area (Å²) in [6.07, 6.45) is 2.69. The van der Waals surface area contributed by atoms with E-state index in [4.69, 9.17) is 4.74 Å². The number of hydrogen-bond donors (Lipinski definition) is 0. The summed E-state index contributed by atoms with van der Waals surface area (Å²) in [6, 6.07) is 19.2. The van der Waals surface area contributed by atoms with Crippen molar-refractivity contribution in [3.63, 3.8) is 0 Å². The fourth-order valence-corrected chi connectivity index (χ4v) is 3.66. The zero-order valence-electron chi connectivity index (χ0n) is 14.8. The summed E-state index contributed by atoms with van der Waals surface area (Å²) < 4.78 is 30.8. The van der Waals surface area contributed by atoms with Crippen molar-refractivity contribution in [1.82, 2.24) is 14.6 Å². The number of ether oxygens (including phenoxy) is 1. The van der Waals surface area contributed by atoms with Gasteiger partial charge in [0.25, 0.3) is 0 Å². The summed E-state index contributed by atoms with van der Waals surface area (Å²) in [5.41, 5.74) is 4.16. The zero-order valence-corrected chi connectivity index (χ0v) is 15.6. The third-order valence-corrected chi connectivity index (χ3v) is 5.20. The minimum Gasteiger partial charge on any atom is -0.497 e. The van der Waals surface area contributed by atoms with Gasteiger partial charge in [-0.05, 0) is 35.4 Å². The Morgan fingerprint density at radius 2 is 1.67 bits per heavy atom. The van der Waals surface area contributed by atoms with Crippen LogP contribution in [-0.2, 0) is 9.84 Å². The van der Waals surface area contributed by atoms with Gasteiger partial charge in [0.05, 0.1) is 24.5 Å². The van der Waals surface area contributed by atoms with E-state index in [0.29, 0.717) is 11.2 Å². The summed E-state index contributed by atoms with van der Waals surface area (Å²) in [6.45, 7) is 0. The van der Waals surface area contributed by atoms with Gasteiger partial charge < -0.3 is 4.74 Å². The van der Waals surface area contributed by atoms with Gasteiger partial charge in [-0.15, -0.1) is 0 Å². The number of aromatic nitrogens is 3. The van der Waals surface area contributed by atoms with Gasteiger partial charge in [0.2, 0.25) is 15.0 Å². The van der Waals surface area contributed by atoms with Gasteiger partial charge in [-0.25, -0.2) is 17.9 Å². The van der Waals surface area contributed by atoms with E-state index in [-0.39, 0.29) is 5.16 Å². The van der Waals surface area contributed by atoms with Crippen LogP contribution in [0.4, 0.5) is 0 Å². The predicted molar refractivity (Wildman–Crippen MR) is 104 cm³/mol. The molecule has 4 rings (SSSR count). The number of hydrogen-bond acceptors (Lipinski definition) is 5. The first-order valence-corrected chi connectivity index (χ1v) is 10.1. The molecule has 0 N–H and O–H groups in total. The maximum absolute atomic E-state index is 12.1. The van der Waals surface area contributed by atoms with E-state index < -0.39 is 9.84 Å². The molecule has 2 heterocycles. The lowest BCUT2D eigenvalue weighted by Crippen LogP contribution is -2.09. The quantitative estimate of drug-likeness (QED) is 0.508. The number of rotatable bonds is 4. The van der Waals surface area contributed by atoms with Crippen molar-refractivity contribution in [3.8, 4) is 28.1 Å². The second kappa shape index (κ2) is 6.51. The molecule has 0 bridgehead atoms. The Kier molecular flexibility index (Phi) is 4.16. The second-order valence-corrected chi connectivity index (χ2v) is 8.08. The maximum atomic E-state index is 12.1. The van der Waals surface area contributed by atoms with Gasteiger partial charge >= 0.3 is 0 Å². The minimum atomic E-state index is -3.51. The molecule has 0 aliphatic heterocycles. The fourth-order valence-electron chi connectivity index (χ4n) is 2.93. The Bertz CT molecular complexity index is 1230. The number of nitrogens with zero attached hydrogens (tertiary/aromatic N) is 3. The molecule has 0 fully saturated rings. The Hall–Kier alpha value is -3.19. The molecule has 0 radical (unpaired) electrons. The Morgan fingerprint density at radius 3 is 2.37 bits per heavy atom. The molecule has 27 heavy (non-hydrogen) atoms. The van der Waals surface area contributed by atoms with Crippen molar-refractivity contribution in [3.05, 3.63) is 66.9 Å². The van der Waals surface area contributed by atoms with E-state index in [2.05, 4.69) is 10.1 Å². The summed E-state index contributed by atoms with van der Waals surface area (Å²) in [5.74, 6) is 0.794. The summed E-state index contributed by atoms with van der Waals surface area (Å²) >= 11 is 0. The topological polar surface area (TPSA) is 73.6 Å². The molecule has 0 saturated heterocycles. The molecule has 7 heteroatoms. The smallest absolute Gasteiger partial charge is 0.249 e. The Labute approximate surface area is 157 Å². The number of sulfone groups is 1. The first kappa shape index (κ1) is 17.2. The first-order chi connectivity index (χ1) is 13.0. The summed E-state index contributed by atoms with van der Waals surface area (Å²) in [5, 5.41) is 3.98. The van der Waals surface area contributed by atoms with Crippen molar-refractivity contribution in [2.24, 2.45) is 0 Å². The van der Waals surface area contributed by atoms with Gasteiger partial charge in [-0.1, -0.05) is 36.4 Å². The lowest BCUT2D eigenvalue weighted by atomic mass is 10.0. The largest absolute Gasteiger partial charge is 0.497 e. The second-order valence-electron chi connectivity index (χ2n) is 6.17. The highest BCUT2D eigenvalue weighted by atomic mass is 32.2. The van der Waals surface area contributed by atoms with Crippen LogP contribution >= 0.6 is 0 Å². The van der Waals surface area contributed by atoms with E-state index >= 15 is 0 Å². The van der Waals surface area contributed by atoms with Crippen molar-refractivity contribution < 1.29 is 13.2 Å². The fraction of sp³-hybridized carbons (Fsp3) is 0.100. The van der Waals surface area contributed by atoms with Gasteiger partial charge in [0.15, 0.2) is 0 Å². The van der Waals surface area contributed by atoms with Crippen molar-refractivity contribution >= 4 is 15.4 Å². The van der Waals surface area contributed by atoms with Crippen LogP contribution in [0.5, 0.6) is 5.75 Å². The zero-order chi connectivity index (χ0) is 19.0. The van der Waals surface area contributed by atoms with Crippen LogP contribution in [-0.4, -0.2) is 36.4 Å². The molecule has 2 aromatic carbocycles. The molecule has 6 nitrogen and oxygen atoms in total. The molecule has 0 unspecified atom stereocenters. The molecule has 4 aromatic rings. The molecular weight excluding hydrogens is 362 g/mol. The van der Waals surface area contributed by atoms with Crippen LogP contribution in [0.25, 0.3) is 27.9 Å².